The third-order valence-corrected chi connectivity index (χ3v) is 5.73. The number of aryl methyl sites for hydroxylation is 1. The largest absolute Gasteiger partial charge is 0.416 e. The van der Waals surface area contributed by atoms with Crippen molar-refractivity contribution in [1.29, 1.82) is 0 Å². The molecule has 0 unspecified atom stereocenters. The standard InChI is InChI=1S/C17H17F3N4S/c1-23-13(7-8-21-23)14-4-2-3-9-24(14)16-22-12-10-11(17(18,19)20)5-6-15(12)25-16/h5-8,10,14H,2-4,9H2,1H3/t14-/m0/s1. The van der Waals surface area contributed by atoms with Gasteiger partial charge in [0.1, 0.15) is 0 Å². The number of hydrogen-bond acceptors (Lipinski definition) is 4. The first-order valence-corrected chi connectivity index (χ1v) is 8.97. The number of thiazole rings is 1. The summed E-state index contributed by atoms with van der Waals surface area (Å²) < 4.78 is 41.4. The van der Waals surface area contributed by atoms with Crippen LogP contribution in [0.5, 0.6) is 0 Å². The van der Waals surface area contributed by atoms with E-state index in [1.54, 1.807) is 6.20 Å². The van der Waals surface area contributed by atoms with E-state index < -0.39 is 11.7 Å². The zero-order chi connectivity index (χ0) is 17.6. The quantitative estimate of drug-likeness (QED) is 0.654. The average Bonchev–Trinajstić information content (AvgIpc) is 3.19. The van der Waals surface area contributed by atoms with E-state index in [0.717, 1.165) is 53.5 Å². The number of anilines is 1. The predicted molar refractivity (Wildman–Crippen MR) is 91.8 cm³/mol. The van der Waals surface area contributed by atoms with Gasteiger partial charge in [0.2, 0.25) is 0 Å². The molecule has 0 aliphatic carbocycles. The first-order valence-electron chi connectivity index (χ1n) is 8.16. The van der Waals surface area contributed by atoms with Crippen LogP contribution >= 0.6 is 11.3 Å². The Hall–Kier alpha value is -2.09. The van der Waals surface area contributed by atoms with Gasteiger partial charge in [-0.25, -0.2) is 4.98 Å². The fraction of sp³-hybridized carbons (Fsp3) is 0.412. The first kappa shape index (κ1) is 16.4. The molecule has 1 aliphatic heterocycles. The summed E-state index contributed by atoms with van der Waals surface area (Å²) in [5.74, 6) is 0. The number of fused-ring (bicyclic) bond motifs is 1. The van der Waals surface area contributed by atoms with Gasteiger partial charge in [0.15, 0.2) is 5.13 Å². The molecule has 8 heteroatoms. The minimum Gasteiger partial charge on any atom is -0.339 e. The normalized spacial score (nSPS) is 18.9. The van der Waals surface area contributed by atoms with E-state index in [2.05, 4.69) is 15.0 Å². The molecule has 4 nitrogen and oxygen atoms in total. The molecule has 2 aromatic heterocycles. The summed E-state index contributed by atoms with van der Waals surface area (Å²) in [5, 5.41) is 5.03. The number of alkyl halides is 3. The van der Waals surface area contributed by atoms with Gasteiger partial charge in [-0.1, -0.05) is 11.3 Å². The smallest absolute Gasteiger partial charge is 0.339 e. The number of halogens is 3. The van der Waals surface area contributed by atoms with E-state index in [1.165, 1.54) is 17.4 Å². The van der Waals surface area contributed by atoms with E-state index in [9.17, 15) is 13.2 Å². The molecule has 0 bridgehead atoms. The minimum absolute atomic E-state index is 0.156. The Bertz CT molecular complexity index is 899. The van der Waals surface area contributed by atoms with Gasteiger partial charge in [-0.15, -0.1) is 0 Å². The summed E-state index contributed by atoms with van der Waals surface area (Å²) >= 11 is 1.45. The van der Waals surface area contributed by atoms with E-state index in [-0.39, 0.29) is 6.04 Å². The molecule has 1 atom stereocenters. The van der Waals surface area contributed by atoms with Gasteiger partial charge in [0, 0.05) is 19.8 Å². The van der Waals surface area contributed by atoms with Crippen LogP contribution in [0.25, 0.3) is 10.2 Å². The van der Waals surface area contributed by atoms with Crippen LogP contribution in [0.1, 0.15) is 36.6 Å². The highest BCUT2D eigenvalue weighted by Gasteiger charge is 2.32. The number of nitrogens with zero attached hydrogens (tertiary/aromatic N) is 4. The van der Waals surface area contributed by atoms with Crippen molar-refractivity contribution >= 4 is 26.7 Å². The minimum atomic E-state index is -4.35. The third-order valence-electron chi connectivity index (χ3n) is 4.65. The Morgan fingerprint density at radius 2 is 2.04 bits per heavy atom. The molecule has 1 aliphatic rings. The summed E-state index contributed by atoms with van der Waals surface area (Å²) in [6.45, 7) is 0.849. The topological polar surface area (TPSA) is 34.0 Å². The Morgan fingerprint density at radius 3 is 2.76 bits per heavy atom. The van der Waals surface area contributed by atoms with Crippen molar-refractivity contribution < 1.29 is 13.2 Å². The molecular weight excluding hydrogens is 349 g/mol. The summed E-state index contributed by atoms with van der Waals surface area (Å²) in [4.78, 5) is 6.72. The van der Waals surface area contributed by atoms with Crippen LogP contribution < -0.4 is 4.90 Å². The molecule has 1 saturated heterocycles. The number of piperidine rings is 1. The summed E-state index contributed by atoms with van der Waals surface area (Å²) in [7, 11) is 1.91. The highest BCUT2D eigenvalue weighted by Crippen LogP contribution is 2.40. The molecule has 132 valence electrons. The Balaban J connectivity index is 1.73. The predicted octanol–water partition coefficient (Wildman–Crippen LogP) is 4.78. The van der Waals surface area contributed by atoms with E-state index in [4.69, 9.17) is 0 Å². The fourth-order valence-electron chi connectivity index (χ4n) is 3.39. The lowest BCUT2D eigenvalue weighted by atomic mass is 10.00. The van der Waals surface area contributed by atoms with Gasteiger partial charge in [-0.05, 0) is 43.5 Å². The van der Waals surface area contributed by atoms with Crippen molar-refractivity contribution in [3.05, 3.63) is 41.7 Å². The molecule has 0 N–H and O–H groups in total. The lowest BCUT2D eigenvalue weighted by Gasteiger charge is -2.35. The van der Waals surface area contributed by atoms with E-state index in [0.29, 0.717) is 5.52 Å². The highest BCUT2D eigenvalue weighted by atomic mass is 32.1. The molecule has 4 rings (SSSR count). The lowest BCUT2D eigenvalue weighted by molar-refractivity contribution is -0.137. The first-order chi connectivity index (χ1) is 11.9. The van der Waals surface area contributed by atoms with Crippen LogP contribution in [0, 0.1) is 0 Å². The summed E-state index contributed by atoms with van der Waals surface area (Å²) in [6.07, 6.45) is 0.590. The molecule has 3 heterocycles. The molecular formula is C17H17F3N4S. The molecule has 25 heavy (non-hydrogen) atoms. The van der Waals surface area contributed by atoms with E-state index in [1.807, 2.05) is 17.8 Å². The van der Waals surface area contributed by atoms with Crippen molar-refractivity contribution in [1.82, 2.24) is 14.8 Å². The van der Waals surface area contributed by atoms with Gasteiger partial charge < -0.3 is 4.90 Å². The average molecular weight is 366 g/mol. The van der Waals surface area contributed by atoms with Crippen LogP contribution in [-0.4, -0.2) is 21.3 Å². The Labute approximate surface area is 146 Å². The van der Waals surface area contributed by atoms with Crippen molar-refractivity contribution in [3.63, 3.8) is 0 Å². The SMILES string of the molecule is Cn1nccc1[C@@H]1CCCCN1c1nc2cc(C(F)(F)F)ccc2s1. The summed E-state index contributed by atoms with van der Waals surface area (Å²) in [5.41, 5.74) is 0.859. The second-order valence-electron chi connectivity index (χ2n) is 6.26. The maximum Gasteiger partial charge on any atom is 0.416 e. The molecule has 1 aromatic carbocycles. The van der Waals surface area contributed by atoms with Crippen molar-refractivity contribution in [2.75, 3.05) is 11.4 Å². The number of benzene rings is 1. The van der Waals surface area contributed by atoms with E-state index >= 15 is 0 Å². The van der Waals surface area contributed by atoms with Gasteiger partial charge in [0.05, 0.1) is 27.5 Å². The number of hydrogen-bond donors (Lipinski definition) is 0. The zero-order valence-electron chi connectivity index (χ0n) is 13.6. The maximum absolute atomic E-state index is 12.9. The third kappa shape index (κ3) is 2.99. The monoisotopic (exact) mass is 366 g/mol. The highest BCUT2D eigenvalue weighted by molar-refractivity contribution is 7.22. The Morgan fingerprint density at radius 1 is 1.20 bits per heavy atom. The number of rotatable bonds is 2. The van der Waals surface area contributed by atoms with Crippen molar-refractivity contribution in [3.8, 4) is 0 Å². The molecule has 0 saturated carbocycles. The van der Waals surface area contributed by atoms with Crippen molar-refractivity contribution in [2.24, 2.45) is 7.05 Å². The molecule has 1 fully saturated rings. The second-order valence-corrected chi connectivity index (χ2v) is 7.27. The second kappa shape index (κ2) is 6.01. The van der Waals surface area contributed by atoms with Crippen LogP contribution in [0.4, 0.5) is 18.3 Å². The van der Waals surface area contributed by atoms with Crippen LogP contribution in [0.3, 0.4) is 0 Å². The Kier molecular flexibility index (Phi) is 3.94. The van der Waals surface area contributed by atoms with Gasteiger partial charge >= 0.3 is 6.18 Å². The number of aromatic nitrogens is 3. The molecule has 0 amide bonds. The van der Waals surface area contributed by atoms with Gasteiger partial charge in [-0.2, -0.15) is 18.3 Å². The van der Waals surface area contributed by atoms with Crippen molar-refractivity contribution in [2.45, 2.75) is 31.5 Å². The molecule has 0 radical (unpaired) electrons. The van der Waals surface area contributed by atoms with Crippen LogP contribution in [-0.2, 0) is 13.2 Å². The summed E-state index contributed by atoms with van der Waals surface area (Å²) in [6, 6.07) is 5.93. The molecule has 3 aromatic rings. The maximum atomic E-state index is 12.9. The zero-order valence-corrected chi connectivity index (χ0v) is 14.4. The van der Waals surface area contributed by atoms with Crippen LogP contribution in [0.2, 0.25) is 0 Å². The van der Waals surface area contributed by atoms with Gasteiger partial charge in [0.25, 0.3) is 0 Å². The van der Waals surface area contributed by atoms with Gasteiger partial charge in [-0.3, -0.25) is 4.68 Å². The van der Waals surface area contributed by atoms with Crippen LogP contribution in [0.15, 0.2) is 30.5 Å². The fourth-order valence-corrected chi connectivity index (χ4v) is 4.42. The molecule has 0 spiro atoms. The lowest BCUT2D eigenvalue weighted by Crippen LogP contribution is -2.34.